The van der Waals surface area contributed by atoms with Gasteiger partial charge in [0.1, 0.15) is 28.9 Å². The molecule has 6 aromatic rings. The van der Waals surface area contributed by atoms with Crippen molar-refractivity contribution in [3.05, 3.63) is 126 Å². The van der Waals surface area contributed by atoms with Crippen LogP contribution in [-0.4, -0.2) is 92.6 Å². The summed E-state index contributed by atoms with van der Waals surface area (Å²) in [6, 6.07) is 26.9. The van der Waals surface area contributed by atoms with Crippen LogP contribution in [0.4, 0.5) is 0 Å². The van der Waals surface area contributed by atoms with E-state index in [0.717, 1.165) is 59.6 Å². The van der Waals surface area contributed by atoms with Gasteiger partial charge in [-0.25, -0.2) is 15.0 Å². The number of hydrogen-bond donors (Lipinski definition) is 3. The molecule has 8 rings (SSSR count). The summed E-state index contributed by atoms with van der Waals surface area (Å²) in [6.45, 7) is 1.42. The zero-order chi connectivity index (χ0) is 38.1. The molecule has 5 heterocycles. The Kier molecular flexibility index (Phi) is 10.0. The smallest absolute Gasteiger partial charge is 0.245 e. The summed E-state index contributed by atoms with van der Waals surface area (Å²) >= 11 is 0. The minimum Gasteiger partial charge on any atom is -0.435 e. The van der Waals surface area contributed by atoms with Gasteiger partial charge in [-0.3, -0.25) is 24.7 Å². The summed E-state index contributed by atoms with van der Waals surface area (Å²) < 4.78 is 6.24. The predicted octanol–water partition coefficient (Wildman–Crippen LogP) is 6.54. The summed E-state index contributed by atoms with van der Waals surface area (Å²) in [4.78, 5) is 55.1. The highest BCUT2D eigenvalue weighted by atomic mass is 16.4. The number of ketones is 1. The first-order valence-corrected chi connectivity index (χ1v) is 18.9. The Labute approximate surface area is 321 Å². The average molecular weight is 738 g/mol. The van der Waals surface area contributed by atoms with Crippen LogP contribution in [-0.2, 0) is 15.1 Å². The molecule has 3 aromatic carbocycles. The highest BCUT2D eigenvalue weighted by molar-refractivity contribution is 5.94. The largest absolute Gasteiger partial charge is 0.435 e. The summed E-state index contributed by atoms with van der Waals surface area (Å²) in [6.07, 6.45) is 8.51. The zero-order valence-corrected chi connectivity index (χ0v) is 31.7. The number of carbonyl (C=O) groups is 2. The van der Waals surface area contributed by atoms with Crippen LogP contribution >= 0.6 is 0 Å². The van der Waals surface area contributed by atoms with Crippen molar-refractivity contribution in [3.8, 4) is 34.2 Å². The van der Waals surface area contributed by atoms with Crippen LogP contribution < -0.4 is 5.32 Å². The number of amides is 1. The van der Waals surface area contributed by atoms with Crippen LogP contribution in [0.2, 0.25) is 0 Å². The van der Waals surface area contributed by atoms with Gasteiger partial charge in [0.2, 0.25) is 11.8 Å². The topological polar surface area (TPSA) is 139 Å². The Morgan fingerprint density at radius 2 is 1.42 bits per heavy atom. The maximum absolute atomic E-state index is 14.4. The molecule has 0 spiro atoms. The Morgan fingerprint density at radius 1 is 0.764 bits per heavy atom. The fourth-order valence-electron chi connectivity index (χ4n) is 8.24. The van der Waals surface area contributed by atoms with Gasteiger partial charge >= 0.3 is 0 Å². The summed E-state index contributed by atoms with van der Waals surface area (Å²) in [7, 11) is 7.76. The molecule has 4 atom stereocenters. The van der Waals surface area contributed by atoms with Crippen molar-refractivity contribution in [2.75, 3.05) is 41.3 Å². The van der Waals surface area contributed by atoms with E-state index in [4.69, 9.17) is 14.4 Å². The number of aromatic nitrogens is 5. The van der Waals surface area contributed by atoms with Gasteiger partial charge in [0.05, 0.1) is 36.4 Å². The molecule has 3 aromatic heterocycles. The predicted molar refractivity (Wildman–Crippen MR) is 210 cm³/mol. The van der Waals surface area contributed by atoms with Crippen molar-refractivity contribution in [2.45, 2.75) is 49.3 Å². The van der Waals surface area contributed by atoms with E-state index in [2.05, 4.69) is 20.3 Å². The van der Waals surface area contributed by atoms with Crippen molar-refractivity contribution in [2.24, 2.45) is 0 Å². The Morgan fingerprint density at radius 3 is 2.07 bits per heavy atom. The standard InChI is InChI=1S/C43H47N9O3/c1-50(2)36(30-13-7-5-8-14-30)38(53)43(22-12-23-47-43)42-46-26-33(49-42)40-45-27-35(55-40)29-20-18-28(19-21-29)32-25-44-39(48-32)34-17-11-24-52(34)41(54)37(51(3)4)31-15-9-6-10-16-31/h5-10,13-16,18-21,25-27,34,36-37,47H,11-12,17,22-24H2,1-4H3,(H,44,48)(H,46,49)/t34-,36+,37+,43+/m0/s1. The van der Waals surface area contributed by atoms with Gasteiger partial charge in [-0.15, -0.1) is 0 Å². The highest BCUT2D eigenvalue weighted by Gasteiger charge is 2.49. The molecule has 2 aliphatic heterocycles. The molecular formula is C43H47N9O3. The van der Waals surface area contributed by atoms with E-state index in [0.29, 0.717) is 36.1 Å². The third-order valence-electron chi connectivity index (χ3n) is 11.0. The average Bonchev–Trinajstić information content (AvgIpc) is 4.04. The van der Waals surface area contributed by atoms with Crippen LogP contribution in [0.15, 0.2) is 108 Å². The Balaban J connectivity index is 0.976. The number of carbonyl (C=O) groups excluding carboxylic acids is 2. The number of benzene rings is 3. The fourth-order valence-corrected chi connectivity index (χ4v) is 8.24. The molecule has 2 saturated heterocycles. The van der Waals surface area contributed by atoms with Gasteiger partial charge < -0.3 is 19.3 Å². The van der Waals surface area contributed by atoms with Crippen LogP contribution in [0.5, 0.6) is 0 Å². The maximum atomic E-state index is 14.4. The second kappa shape index (κ2) is 15.2. The fraction of sp³-hybridized carbons (Fsp3) is 0.326. The van der Waals surface area contributed by atoms with Gasteiger partial charge in [-0.05, 0) is 77.1 Å². The Bertz CT molecular complexity index is 2240. The molecule has 0 aliphatic carbocycles. The maximum Gasteiger partial charge on any atom is 0.245 e. The number of Topliss-reactive ketones (excluding diaryl/α,β-unsaturated/α-hetero) is 1. The van der Waals surface area contributed by atoms with E-state index in [-0.39, 0.29) is 23.8 Å². The summed E-state index contributed by atoms with van der Waals surface area (Å²) in [5.74, 6) is 2.50. The summed E-state index contributed by atoms with van der Waals surface area (Å²) in [5, 5.41) is 3.50. The molecule has 1 amide bonds. The third kappa shape index (κ3) is 6.93. The number of aromatic amines is 2. The van der Waals surface area contributed by atoms with Gasteiger partial charge in [-0.2, -0.15) is 0 Å². The SMILES string of the molecule is CN(C)[C@@H](C(=O)N1CCC[C@H]1c1ncc(-c2ccc(-c3cnc(-c4cnc([C@]5(C(=O)[C@@H](c6ccccc6)N(C)C)CCCN5)[nH]4)o3)cc2)[nH]1)c1ccccc1. The van der Waals surface area contributed by atoms with Crippen LogP contribution in [0.1, 0.15) is 66.6 Å². The van der Waals surface area contributed by atoms with E-state index in [1.807, 2.05) is 134 Å². The molecule has 12 nitrogen and oxygen atoms in total. The summed E-state index contributed by atoms with van der Waals surface area (Å²) in [5.41, 5.74) is 4.29. The number of nitrogens with one attached hydrogen (secondary N) is 3. The minimum atomic E-state index is -0.955. The lowest BCUT2D eigenvalue weighted by Gasteiger charge is -2.33. The third-order valence-corrected chi connectivity index (χ3v) is 11.0. The van der Waals surface area contributed by atoms with Crippen molar-refractivity contribution < 1.29 is 14.0 Å². The first-order valence-electron chi connectivity index (χ1n) is 18.9. The second-order valence-corrected chi connectivity index (χ2v) is 15.0. The molecule has 2 aliphatic rings. The van der Waals surface area contributed by atoms with E-state index >= 15 is 0 Å². The monoisotopic (exact) mass is 737 g/mol. The highest BCUT2D eigenvalue weighted by Crippen LogP contribution is 2.38. The van der Waals surface area contributed by atoms with Crippen molar-refractivity contribution in [1.82, 2.24) is 44.9 Å². The normalized spacial score (nSPS) is 19.7. The van der Waals surface area contributed by atoms with Gasteiger partial charge in [0, 0.05) is 12.1 Å². The van der Waals surface area contributed by atoms with Crippen molar-refractivity contribution in [1.29, 1.82) is 0 Å². The molecule has 3 N–H and O–H groups in total. The number of H-pyrrole nitrogens is 2. The molecule has 2 fully saturated rings. The van der Waals surface area contributed by atoms with Crippen molar-refractivity contribution >= 4 is 11.7 Å². The van der Waals surface area contributed by atoms with Crippen LogP contribution in [0, 0.1) is 0 Å². The lowest BCUT2D eigenvalue weighted by molar-refractivity contribution is -0.137. The molecule has 282 valence electrons. The molecule has 0 saturated carbocycles. The van der Waals surface area contributed by atoms with Gasteiger partial charge in [0.25, 0.3) is 0 Å². The number of hydrogen-bond acceptors (Lipinski definition) is 9. The molecular weight excluding hydrogens is 691 g/mol. The minimum absolute atomic E-state index is 0.0507. The lowest BCUT2D eigenvalue weighted by atomic mass is 9.84. The number of rotatable bonds is 12. The number of nitrogens with zero attached hydrogens (tertiary/aromatic N) is 6. The van der Waals surface area contributed by atoms with E-state index in [1.54, 1.807) is 12.4 Å². The van der Waals surface area contributed by atoms with Crippen LogP contribution in [0.25, 0.3) is 34.2 Å². The molecule has 12 heteroatoms. The van der Waals surface area contributed by atoms with E-state index in [1.165, 1.54) is 0 Å². The number of likely N-dealkylation sites (tertiary alicyclic amines) is 1. The molecule has 0 radical (unpaired) electrons. The zero-order valence-electron chi connectivity index (χ0n) is 31.7. The molecule has 0 bridgehead atoms. The number of likely N-dealkylation sites (N-methyl/N-ethyl adjacent to an activating group) is 2. The number of imidazole rings is 2. The van der Waals surface area contributed by atoms with Crippen molar-refractivity contribution in [3.63, 3.8) is 0 Å². The first-order chi connectivity index (χ1) is 26.7. The number of oxazole rings is 1. The Hall–Kier alpha value is -5.69. The van der Waals surface area contributed by atoms with E-state index < -0.39 is 11.6 Å². The quantitative estimate of drug-likeness (QED) is 0.128. The van der Waals surface area contributed by atoms with E-state index in [9.17, 15) is 9.59 Å². The molecule has 55 heavy (non-hydrogen) atoms. The van der Waals surface area contributed by atoms with Crippen LogP contribution in [0.3, 0.4) is 0 Å². The lowest BCUT2D eigenvalue weighted by Crippen LogP contribution is -2.50. The van der Waals surface area contributed by atoms with Gasteiger partial charge in [-0.1, -0.05) is 84.9 Å². The second-order valence-electron chi connectivity index (χ2n) is 15.0. The van der Waals surface area contributed by atoms with Gasteiger partial charge in [0.15, 0.2) is 11.5 Å². The molecule has 0 unspecified atom stereocenters. The first kappa shape index (κ1) is 36.3.